The van der Waals surface area contributed by atoms with E-state index in [1.165, 1.54) is 58.3 Å². The predicted octanol–water partition coefficient (Wildman–Crippen LogP) is -5.84. The standard InChI is InChI=1S/C56H99N6O32P/c1-6-7-8-9-10-11-12-13-14-15-16-17-18-19-60-20-21-82-30(49(76)77)24-84-95(80,81)94-54-44(45(93-55(59)78)56(5,79)46(92-54)48(58)75)91-51-32(62-27(4)65)35(68)42(29(87-51)23-83-52-39(72)36(69)33(66)28(22-63)86-52)89-50-31(61-26(3)64)34(67)41(25(2)85-50)88-53-40(73)37(70)38(71)43(90-53)47(57)74/h25,28-46,50-54,60,63,66-73,79H,6-24H2,1-5H3,(H2,57,74)(H2,58,75)(H2,59,78)(H,61,64)(H,62,65)(H,76,77)(H,80,81)/t25-,28-,29-,30-,31-,32-,33-,34-,35-,36+,37+,38-,39-,40-,41-,42-,43+,44-,45-,46-,50+,51+,52-,53-,54-,56+/m1/s1. The number of aliphatic hydroxyl groups is 10. The van der Waals surface area contributed by atoms with Crippen molar-refractivity contribution in [3.05, 3.63) is 0 Å². The fourth-order valence-corrected chi connectivity index (χ4v) is 12.4. The fourth-order valence-electron chi connectivity index (χ4n) is 11.5. The summed E-state index contributed by atoms with van der Waals surface area (Å²) in [6.45, 7) is 3.51. The van der Waals surface area contributed by atoms with E-state index in [2.05, 4.69) is 22.9 Å². The summed E-state index contributed by atoms with van der Waals surface area (Å²) in [6, 6.07) is -3.88. The third-order valence-corrected chi connectivity index (χ3v) is 17.6. The van der Waals surface area contributed by atoms with Gasteiger partial charge in [0.25, 0.3) is 0 Å². The Bertz CT molecular complexity index is 2470. The third-order valence-electron chi connectivity index (χ3n) is 16.6. The van der Waals surface area contributed by atoms with Crippen LogP contribution in [-0.4, -0.2) is 295 Å². The predicted molar refractivity (Wildman–Crippen MR) is 316 cm³/mol. The fraction of sp³-hybridized carbons (Fsp3) is 0.893. The molecule has 5 fully saturated rings. The molecule has 95 heavy (non-hydrogen) atoms. The first-order valence-corrected chi connectivity index (χ1v) is 33.2. The zero-order valence-corrected chi connectivity index (χ0v) is 54.5. The quantitative estimate of drug-likeness (QED) is 0.0201. The number of carboxylic acid groups (broad SMARTS) is 1. The highest BCUT2D eigenvalue weighted by molar-refractivity contribution is 7.47. The van der Waals surface area contributed by atoms with E-state index in [0.717, 1.165) is 52.9 Å². The highest BCUT2D eigenvalue weighted by atomic mass is 31.2. The Balaban J connectivity index is 1.40. The Hall–Kier alpha value is -4.11. The molecule has 0 bridgehead atoms. The van der Waals surface area contributed by atoms with E-state index in [9.17, 15) is 94.4 Å². The molecule has 0 spiro atoms. The SMILES string of the molecule is CCCCCCCCCCCCCCCNCCO[C@H](COP(=O)(O)O[C@H]1O[C@H](C(N)=O)[C@@](C)(O)[C@H](OC(N)=O)[C@H]1O[C@@H]1O[C@H](CO[C@@H]2O[C@H](CO)[C@@H](O)[C@H](O)[C@H]2O)[C@@H](O[C@@H]2O[C@H](C)[C@@H](O[C@@H]3O[C@H](C(N)=O)[C@H](O)[C@H](O)[C@H]3O)[C@H](O)[C@H]2NC(C)=O)[C@H](O)[C@H]1NC(C)=O)C(=O)O. The van der Waals surface area contributed by atoms with Crippen LogP contribution in [0.3, 0.4) is 0 Å². The number of carbonyl (C=O) groups excluding carboxylic acids is 5. The molecule has 0 aromatic carbocycles. The number of unbranched alkanes of at least 4 members (excludes halogenated alkanes) is 12. The molecule has 5 saturated heterocycles. The van der Waals surface area contributed by atoms with Crippen molar-refractivity contribution >= 4 is 43.5 Å². The first-order chi connectivity index (χ1) is 44.8. The van der Waals surface area contributed by atoms with Gasteiger partial charge in [-0.3, -0.25) is 28.2 Å². The zero-order chi connectivity index (χ0) is 70.6. The van der Waals surface area contributed by atoms with E-state index in [1.807, 2.05) is 0 Å². The van der Waals surface area contributed by atoms with E-state index < -0.39 is 222 Å². The number of carboxylic acids is 1. The first-order valence-electron chi connectivity index (χ1n) is 31.7. The maximum atomic E-state index is 13.9. The largest absolute Gasteiger partial charge is 0.479 e. The number of nitrogens with two attached hydrogens (primary N) is 3. The minimum Gasteiger partial charge on any atom is -0.479 e. The lowest BCUT2D eigenvalue weighted by atomic mass is 9.85. The molecule has 0 aromatic heterocycles. The summed E-state index contributed by atoms with van der Waals surface area (Å²) in [5.41, 5.74) is 13.5. The smallest absolute Gasteiger partial charge is 0.474 e. The van der Waals surface area contributed by atoms with Gasteiger partial charge in [-0.05, 0) is 26.8 Å². The normalized spacial score (nSPS) is 37.7. The second-order valence-electron chi connectivity index (χ2n) is 24.2. The lowest BCUT2D eigenvalue weighted by Crippen LogP contribution is -2.72. The van der Waals surface area contributed by atoms with Gasteiger partial charge < -0.3 is 146 Å². The van der Waals surface area contributed by atoms with Gasteiger partial charge in [0.15, 0.2) is 62.0 Å². The van der Waals surface area contributed by atoms with Crippen LogP contribution in [0.25, 0.3) is 0 Å². The van der Waals surface area contributed by atoms with Crippen molar-refractivity contribution in [3.8, 4) is 0 Å². The van der Waals surface area contributed by atoms with Gasteiger partial charge in [0, 0.05) is 20.4 Å². The summed E-state index contributed by atoms with van der Waals surface area (Å²) in [6.07, 6.45) is -34.0. The van der Waals surface area contributed by atoms with Gasteiger partial charge in [-0.2, -0.15) is 0 Å². The Morgan fingerprint density at radius 1 is 0.600 bits per heavy atom. The molecule has 550 valence electrons. The number of nitrogens with one attached hydrogen (secondary N) is 3. The number of carbonyl (C=O) groups is 6. The second-order valence-corrected chi connectivity index (χ2v) is 25.7. The summed E-state index contributed by atoms with van der Waals surface area (Å²) < 4.78 is 87.8. The number of aliphatic hydroxyl groups excluding tert-OH is 9. The summed E-state index contributed by atoms with van der Waals surface area (Å²) >= 11 is 0. The van der Waals surface area contributed by atoms with Crippen LogP contribution in [0, 0.1) is 0 Å². The van der Waals surface area contributed by atoms with Gasteiger partial charge in [-0.1, -0.05) is 84.0 Å². The van der Waals surface area contributed by atoms with Crippen molar-refractivity contribution in [2.75, 3.05) is 39.5 Å². The Morgan fingerprint density at radius 3 is 1.65 bits per heavy atom. The van der Waals surface area contributed by atoms with Crippen molar-refractivity contribution in [3.63, 3.8) is 0 Å². The number of ether oxygens (including phenoxy) is 11. The van der Waals surface area contributed by atoms with Gasteiger partial charge in [0.1, 0.15) is 90.9 Å². The van der Waals surface area contributed by atoms with Crippen LogP contribution < -0.4 is 33.2 Å². The number of phosphoric acid groups is 1. The van der Waals surface area contributed by atoms with E-state index >= 15 is 0 Å². The molecular weight excluding hydrogens is 1300 g/mol. The van der Waals surface area contributed by atoms with Gasteiger partial charge in [0.05, 0.1) is 32.5 Å². The average molecular weight is 1400 g/mol. The van der Waals surface area contributed by atoms with E-state index in [4.69, 9.17) is 78.4 Å². The monoisotopic (exact) mass is 1400 g/mol. The number of hydrogen-bond donors (Lipinski definition) is 18. The molecule has 39 heteroatoms. The molecule has 0 radical (unpaired) electrons. The number of hydrogen-bond acceptors (Lipinski definition) is 31. The Kier molecular flexibility index (Phi) is 33.0. The molecule has 5 heterocycles. The molecule has 38 nitrogen and oxygen atoms in total. The highest BCUT2D eigenvalue weighted by Gasteiger charge is 2.62. The van der Waals surface area contributed by atoms with Crippen LogP contribution in [0.4, 0.5) is 4.79 Å². The molecule has 0 aliphatic carbocycles. The van der Waals surface area contributed by atoms with Crippen LogP contribution in [0.1, 0.15) is 118 Å². The van der Waals surface area contributed by atoms with Crippen LogP contribution >= 0.6 is 7.82 Å². The van der Waals surface area contributed by atoms with Gasteiger partial charge >= 0.3 is 19.9 Å². The Labute approximate surface area is 547 Å². The molecule has 21 N–H and O–H groups in total. The highest BCUT2D eigenvalue weighted by Crippen LogP contribution is 2.49. The topological polar surface area (TPSA) is 596 Å². The summed E-state index contributed by atoms with van der Waals surface area (Å²) in [5.74, 6) is -6.35. The third kappa shape index (κ3) is 23.2. The molecule has 5 aliphatic rings. The average Bonchev–Trinajstić information content (AvgIpc) is 0.754. The van der Waals surface area contributed by atoms with Crippen molar-refractivity contribution in [2.24, 2.45) is 17.2 Å². The number of rotatable bonds is 39. The number of phosphoric ester groups is 1. The van der Waals surface area contributed by atoms with Crippen molar-refractivity contribution in [1.82, 2.24) is 16.0 Å². The Morgan fingerprint density at radius 2 is 1.12 bits per heavy atom. The lowest BCUT2D eigenvalue weighted by molar-refractivity contribution is -0.375. The number of primary amides is 3. The van der Waals surface area contributed by atoms with Crippen LogP contribution in [-0.2, 0) is 89.7 Å². The van der Waals surface area contributed by atoms with Crippen molar-refractivity contribution in [2.45, 2.75) is 277 Å². The van der Waals surface area contributed by atoms with Crippen LogP contribution in [0.15, 0.2) is 0 Å². The summed E-state index contributed by atoms with van der Waals surface area (Å²) in [5, 5.41) is 128. The van der Waals surface area contributed by atoms with Crippen molar-refractivity contribution in [1.29, 1.82) is 0 Å². The van der Waals surface area contributed by atoms with Crippen molar-refractivity contribution < 1.29 is 156 Å². The molecule has 0 saturated carbocycles. The zero-order valence-electron chi connectivity index (χ0n) is 53.6. The maximum absolute atomic E-state index is 13.9. The molecule has 5 amide bonds. The molecule has 1 unspecified atom stereocenters. The van der Waals surface area contributed by atoms with E-state index in [1.54, 1.807) is 0 Å². The lowest BCUT2D eigenvalue weighted by Gasteiger charge is -2.52. The summed E-state index contributed by atoms with van der Waals surface area (Å²) in [4.78, 5) is 87.2. The van der Waals surface area contributed by atoms with E-state index in [-0.39, 0.29) is 13.2 Å². The molecular formula is C56H99N6O32P. The molecule has 5 aliphatic heterocycles. The molecule has 0 aromatic rings. The minimum absolute atomic E-state index is 0.167. The first kappa shape index (κ1) is 81.6. The van der Waals surface area contributed by atoms with Gasteiger partial charge in [-0.25, -0.2) is 14.2 Å². The van der Waals surface area contributed by atoms with E-state index in [0.29, 0.717) is 6.54 Å². The molecule has 5 rings (SSSR count). The minimum atomic E-state index is -5.78. The van der Waals surface area contributed by atoms with Crippen LogP contribution in [0.5, 0.6) is 0 Å². The number of amides is 5. The summed E-state index contributed by atoms with van der Waals surface area (Å²) in [7, 11) is -5.78. The maximum Gasteiger partial charge on any atom is 0.474 e. The molecule has 27 atom stereocenters. The van der Waals surface area contributed by atoms with Gasteiger partial charge in [0.2, 0.25) is 23.6 Å². The van der Waals surface area contributed by atoms with Gasteiger partial charge in [-0.15, -0.1) is 0 Å². The van der Waals surface area contributed by atoms with Crippen LogP contribution in [0.2, 0.25) is 0 Å². The number of aliphatic carboxylic acids is 1. The second kappa shape index (κ2) is 38.5.